The van der Waals surface area contributed by atoms with Crippen LogP contribution in [0.25, 0.3) is 5.52 Å². The Morgan fingerprint density at radius 2 is 1.76 bits per heavy atom. The van der Waals surface area contributed by atoms with Gasteiger partial charge in [0.25, 0.3) is 0 Å². The first-order valence-corrected chi connectivity index (χ1v) is 11.5. The molecule has 152 valence electrons. The van der Waals surface area contributed by atoms with Crippen LogP contribution in [0.4, 0.5) is 5.69 Å². The van der Waals surface area contributed by atoms with Crippen molar-refractivity contribution >= 4 is 11.2 Å². The van der Waals surface area contributed by atoms with Crippen LogP contribution in [0.2, 0.25) is 0 Å². The van der Waals surface area contributed by atoms with Crippen LogP contribution in [0, 0.1) is 0 Å². The Kier molecular flexibility index (Phi) is 5.58. The molecular weight excluding hydrogens is 354 g/mol. The number of nitrogens with zero attached hydrogens (tertiary/aromatic N) is 2. The molecule has 0 amide bonds. The van der Waals surface area contributed by atoms with Crippen LogP contribution >= 0.6 is 0 Å². The third kappa shape index (κ3) is 3.93. The van der Waals surface area contributed by atoms with Crippen molar-refractivity contribution in [1.29, 1.82) is 0 Å². The minimum atomic E-state index is 0.954. The van der Waals surface area contributed by atoms with Crippen LogP contribution in [-0.2, 0) is 25.8 Å². The van der Waals surface area contributed by atoms with E-state index in [-0.39, 0.29) is 0 Å². The van der Waals surface area contributed by atoms with Crippen molar-refractivity contribution in [1.82, 2.24) is 9.72 Å². The van der Waals surface area contributed by atoms with E-state index in [0.717, 1.165) is 19.5 Å². The van der Waals surface area contributed by atoms with E-state index in [2.05, 4.69) is 63.3 Å². The smallest absolute Gasteiger partial charge is 0.0488 e. The largest absolute Gasteiger partial charge is 0.372 e. The van der Waals surface area contributed by atoms with Crippen molar-refractivity contribution in [3.63, 3.8) is 0 Å². The Morgan fingerprint density at radius 3 is 2.69 bits per heavy atom. The van der Waals surface area contributed by atoms with Gasteiger partial charge in [0.1, 0.15) is 0 Å². The van der Waals surface area contributed by atoms with Crippen molar-refractivity contribution in [2.75, 3.05) is 24.5 Å². The molecule has 2 aliphatic rings. The number of fused-ring (bicyclic) bond motifs is 3. The van der Waals surface area contributed by atoms with E-state index in [0.29, 0.717) is 0 Å². The van der Waals surface area contributed by atoms with E-state index in [1.165, 1.54) is 74.8 Å². The van der Waals surface area contributed by atoms with E-state index in [9.17, 15) is 0 Å². The number of rotatable bonds is 6. The van der Waals surface area contributed by atoms with Crippen molar-refractivity contribution in [2.24, 2.45) is 0 Å². The van der Waals surface area contributed by atoms with Crippen molar-refractivity contribution in [3.05, 3.63) is 71.0 Å². The van der Waals surface area contributed by atoms with Gasteiger partial charge in [-0.1, -0.05) is 18.2 Å². The number of hydrogen-bond donors (Lipinski definition) is 1. The normalized spacial score (nSPS) is 16.9. The second-order valence-corrected chi connectivity index (χ2v) is 8.71. The Balaban J connectivity index is 1.24. The van der Waals surface area contributed by atoms with Crippen molar-refractivity contribution < 1.29 is 0 Å². The number of hydrogen-bond acceptors (Lipinski definition) is 2. The van der Waals surface area contributed by atoms with E-state index >= 15 is 0 Å². The number of anilines is 1. The standard InChI is InChI=1S/C26H33N3/c1-5-16-28(17-6-1)22-10-8-9-21(19-22)20-27-15-14-24-23-11-2-3-12-25(23)29-18-7-4-13-26(24)29/h4,7-10,13,18-19,27H,1-3,5-6,11-12,14-17,20H2. The molecule has 5 rings (SSSR count). The van der Waals surface area contributed by atoms with Gasteiger partial charge in [0, 0.05) is 42.7 Å². The van der Waals surface area contributed by atoms with Crippen LogP contribution in [-0.4, -0.2) is 24.0 Å². The van der Waals surface area contributed by atoms with Gasteiger partial charge < -0.3 is 14.6 Å². The Labute approximate surface area is 174 Å². The van der Waals surface area contributed by atoms with Crippen molar-refractivity contribution in [2.45, 2.75) is 57.9 Å². The maximum Gasteiger partial charge on any atom is 0.0488 e. The number of benzene rings is 1. The molecule has 0 atom stereocenters. The molecule has 0 unspecified atom stereocenters. The summed E-state index contributed by atoms with van der Waals surface area (Å²) >= 11 is 0. The lowest BCUT2D eigenvalue weighted by Gasteiger charge is -2.29. The molecule has 1 fully saturated rings. The average molecular weight is 388 g/mol. The zero-order chi connectivity index (χ0) is 19.5. The SMILES string of the molecule is c1cc(CNCCc2c3c(n4ccccc24)CCCC3)cc(N2CCCCC2)c1. The molecule has 0 spiro atoms. The first kappa shape index (κ1) is 18.7. The molecule has 0 radical (unpaired) electrons. The Bertz CT molecular complexity index is 965. The van der Waals surface area contributed by atoms with Gasteiger partial charge in [0.05, 0.1) is 0 Å². The van der Waals surface area contributed by atoms with E-state index < -0.39 is 0 Å². The molecule has 1 aromatic carbocycles. The summed E-state index contributed by atoms with van der Waals surface area (Å²) in [4.78, 5) is 2.55. The van der Waals surface area contributed by atoms with E-state index in [4.69, 9.17) is 0 Å². The summed E-state index contributed by atoms with van der Waals surface area (Å²) in [5.74, 6) is 0. The molecule has 1 aliphatic carbocycles. The molecule has 2 aromatic heterocycles. The highest BCUT2D eigenvalue weighted by atomic mass is 15.1. The number of piperidine rings is 1. The number of aryl methyl sites for hydroxylation is 1. The first-order chi connectivity index (χ1) is 14.4. The number of pyridine rings is 1. The topological polar surface area (TPSA) is 19.7 Å². The molecule has 1 N–H and O–H groups in total. The molecule has 0 saturated carbocycles. The van der Waals surface area contributed by atoms with Gasteiger partial charge in [-0.2, -0.15) is 0 Å². The summed E-state index contributed by atoms with van der Waals surface area (Å²) in [6.45, 7) is 4.41. The maximum absolute atomic E-state index is 3.71. The van der Waals surface area contributed by atoms with Crippen LogP contribution < -0.4 is 10.2 Å². The highest BCUT2D eigenvalue weighted by Crippen LogP contribution is 2.30. The highest BCUT2D eigenvalue weighted by molar-refractivity contribution is 5.62. The second kappa shape index (κ2) is 8.62. The maximum atomic E-state index is 3.71. The third-order valence-corrected chi connectivity index (χ3v) is 6.78. The Morgan fingerprint density at radius 1 is 0.862 bits per heavy atom. The van der Waals surface area contributed by atoms with Gasteiger partial charge in [0.15, 0.2) is 0 Å². The highest BCUT2D eigenvalue weighted by Gasteiger charge is 2.20. The summed E-state index contributed by atoms with van der Waals surface area (Å²) in [5, 5.41) is 3.71. The van der Waals surface area contributed by atoms with Crippen LogP contribution in [0.3, 0.4) is 0 Å². The van der Waals surface area contributed by atoms with Gasteiger partial charge in [-0.25, -0.2) is 0 Å². The summed E-state index contributed by atoms with van der Waals surface area (Å²) in [7, 11) is 0. The minimum Gasteiger partial charge on any atom is -0.372 e. The van der Waals surface area contributed by atoms with Gasteiger partial charge in [-0.3, -0.25) is 0 Å². The van der Waals surface area contributed by atoms with Gasteiger partial charge in [0.2, 0.25) is 0 Å². The summed E-state index contributed by atoms with van der Waals surface area (Å²) < 4.78 is 2.45. The quantitative estimate of drug-likeness (QED) is 0.591. The van der Waals surface area contributed by atoms with Gasteiger partial charge >= 0.3 is 0 Å². The summed E-state index contributed by atoms with van der Waals surface area (Å²) in [5.41, 5.74) is 9.00. The first-order valence-electron chi connectivity index (χ1n) is 11.5. The monoisotopic (exact) mass is 387 g/mol. The van der Waals surface area contributed by atoms with E-state index in [1.54, 1.807) is 16.8 Å². The van der Waals surface area contributed by atoms with Crippen molar-refractivity contribution in [3.8, 4) is 0 Å². The zero-order valence-corrected chi connectivity index (χ0v) is 17.5. The lowest BCUT2D eigenvalue weighted by atomic mass is 9.93. The number of aromatic nitrogens is 1. The van der Waals surface area contributed by atoms with Crippen LogP contribution in [0.15, 0.2) is 48.7 Å². The van der Waals surface area contributed by atoms with E-state index in [1.807, 2.05) is 0 Å². The molecule has 29 heavy (non-hydrogen) atoms. The fourth-order valence-corrected chi connectivity index (χ4v) is 5.30. The minimum absolute atomic E-state index is 0.954. The molecule has 3 aromatic rings. The average Bonchev–Trinajstić information content (AvgIpc) is 3.11. The fraction of sp³-hybridized carbons (Fsp3) is 0.462. The number of nitrogens with one attached hydrogen (secondary N) is 1. The predicted molar refractivity (Wildman–Crippen MR) is 122 cm³/mol. The molecule has 1 saturated heterocycles. The second-order valence-electron chi connectivity index (χ2n) is 8.71. The molecular formula is C26H33N3. The lowest BCUT2D eigenvalue weighted by Crippen LogP contribution is -2.29. The molecule has 3 heterocycles. The van der Waals surface area contributed by atoms with Crippen LogP contribution in [0.1, 0.15) is 54.5 Å². The Hall–Kier alpha value is -2.26. The lowest BCUT2D eigenvalue weighted by molar-refractivity contribution is 0.577. The zero-order valence-electron chi connectivity index (χ0n) is 17.5. The molecule has 3 heteroatoms. The fourth-order valence-electron chi connectivity index (χ4n) is 5.30. The third-order valence-electron chi connectivity index (χ3n) is 6.78. The molecule has 0 bridgehead atoms. The van der Waals surface area contributed by atoms with Gasteiger partial charge in [-0.05, 0) is 98.9 Å². The van der Waals surface area contributed by atoms with Crippen LogP contribution in [0.5, 0.6) is 0 Å². The molecule has 1 aliphatic heterocycles. The summed E-state index contributed by atoms with van der Waals surface area (Å²) in [6, 6.07) is 15.8. The van der Waals surface area contributed by atoms with Gasteiger partial charge in [-0.15, -0.1) is 0 Å². The molecule has 3 nitrogen and oxygen atoms in total. The predicted octanol–water partition coefficient (Wildman–Crippen LogP) is 5.14. The summed E-state index contributed by atoms with van der Waals surface area (Å²) in [6.07, 6.45) is 12.6.